The molecule has 0 unspecified atom stereocenters. The lowest BCUT2D eigenvalue weighted by Gasteiger charge is -2.09. The molecule has 4 rings (SSSR count). The summed E-state index contributed by atoms with van der Waals surface area (Å²) in [6.45, 7) is 1.99. The molecule has 2 aromatic heterocycles. The molecule has 0 aliphatic carbocycles. The van der Waals surface area contributed by atoms with Gasteiger partial charge in [0, 0.05) is 23.7 Å². The van der Waals surface area contributed by atoms with Crippen molar-refractivity contribution in [1.82, 2.24) is 9.38 Å². The van der Waals surface area contributed by atoms with E-state index in [9.17, 15) is 12.8 Å². The van der Waals surface area contributed by atoms with E-state index in [0.717, 1.165) is 22.5 Å². The molecule has 0 fully saturated rings. The fourth-order valence-corrected chi connectivity index (χ4v) is 3.63. The molecular formula is C21H18FN3O2S. The number of aryl methyl sites for hydroxylation is 1. The van der Waals surface area contributed by atoms with Crippen molar-refractivity contribution in [2.75, 3.05) is 11.6 Å². The van der Waals surface area contributed by atoms with Gasteiger partial charge in [0.05, 0.1) is 4.90 Å². The van der Waals surface area contributed by atoms with Gasteiger partial charge < -0.3 is 5.32 Å². The van der Waals surface area contributed by atoms with Crippen molar-refractivity contribution in [2.45, 2.75) is 11.8 Å². The smallest absolute Gasteiger partial charge is 0.175 e. The predicted molar refractivity (Wildman–Crippen MR) is 108 cm³/mol. The topological polar surface area (TPSA) is 63.5 Å². The number of rotatable bonds is 4. The normalized spacial score (nSPS) is 11.7. The van der Waals surface area contributed by atoms with Crippen LogP contribution in [-0.4, -0.2) is 24.1 Å². The molecule has 7 heteroatoms. The highest BCUT2D eigenvalue weighted by atomic mass is 32.2. The first-order valence-corrected chi connectivity index (χ1v) is 10.5. The summed E-state index contributed by atoms with van der Waals surface area (Å²) < 4.78 is 38.6. The fraction of sp³-hybridized carbons (Fsp3) is 0.0952. The number of aromatic nitrogens is 2. The summed E-state index contributed by atoms with van der Waals surface area (Å²) in [7, 11) is -3.27. The highest BCUT2D eigenvalue weighted by molar-refractivity contribution is 7.90. The van der Waals surface area contributed by atoms with Gasteiger partial charge in [0.2, 0.25) is 0 Å². The van der Waals surface area contributed by atoms with Crippen LogP contribution in [0, 0.1) is 12.7 Å². The van der Waals surface area contributed by atoms with Gasteiger partial charge in [-0.05, 0) is 61.0 Å². The maximum absolute atomic E-state index is 13.2. The minimum absolute atomic E-state index is 0.254. The second-order valence-electron chi connectivity index (χ2n) is 6.67. The van der Waals surface area contributed by atoms with E-state index < -0.39 is 9.84 Å². The van der Waals surface area contributed by atoms with Crippen LogP contribution in [0.25, 0.3) is 16.9 Å². The van der Waals surface area contributed by atoms with Crippen LogP contribution in [0.3, 0.4) is 0 Å². The molecule has 0 radical (unpaired) electrons. The Kier molecular flexibility index (Phi) is 4.39. The molecule has 1 N–H and O–H groups in total. The van der Waals surface area contributed by atoms with Crippen LogP contribution in [0.4, 0.5) is 15.9 Å². The molecule has 2 heterocycles. The first-order chi connectivity index (χ1) is 13.3. The van der Waals surface area contributed by atoms with Crippen molar-refractivity contribution < 1.29 is 12.8 Å². The van der Waals surface area contributed by atoms with Gasteiger partial charge in [-0.2, -0.15) is 0 Å². The zero-order valence-corrected chi connectivity index (χ0v) is 16.2. The number of sulfone groups is 1. The maximum Gasteiger partial charge on any atom is 0.175 e. The average molecular weight is 395 g/mol. The fourth-order valence-electron chi connectivity index (χ4n) is 3.00. The van der Waals surface area contributed by atoms with E-state index >= 15 is 0 Å². The molecule has 4 aromatic rings. The summed E-state index contributed by atoms with van der Waals surface area (Å²) in [6, 6.07) is 16.6. The lowest BCUT2D eigenvalue weighted by atomic mass is 10.1. The number of benzene rings is 2. The van der Waals surface area contributed by atoms with Gasteiger partial charge in [0.1, 0.15) is 23.0 Å². The van der Waals surface area contributed by atoms with Crippen LogP contribution >= 0.6 is 0 Å². The maximum atomic E-state index is 13.2. The van der Waals surface area contributed by atoms with Gasteiger partial charge in [-0.3, -0.25) is 4.40 Å². The number of imidazole rings is 1. The molecule has 0 bridgehead atoms. The second kappa shape index (κ2) is 6.76. The Hall–Kier alpha value is -3.19. The summed E-state index contributed by atoms with van der Waals surface area (Å²) in [5, 5.41) is 3.30. The van der Waals surface area contributed by atoms with E-state index in [1.54, 1.807) is 36.4 Å². The highest BCUT2D eigenvalue weighted by Crippen LogP contribution is 2.32. The Bertz CT molecular complexity index is 1260. The van der Waals surface area contributed by atoms with Crippen LogP contribution in [0.2, 0.25) is 0 Å². The number of fused-ring (bicyclic) bond motifs is 1. The Morgan fingerprint density at radius 2 is 1.68 bits per heavy atom. The van der Waals surface area contributed by atoms with Gasteiger partial charge in [-0.25, -0.2) is 17.8 Å². The van der Waals surface area contributed by atoms with E-state index in [0.29, 0.717) is 11.5 Å². The standard InChI is InChI=1S/C21H18FN3O2S/c1-14-11-12-25-19(13-14)24-20(15-3-9-18(10-4-15)28(2,26)27)21(25)23-17-7-5-16(22)6-8-17/h3-13,23H,1-2H3. The van der Waals surface area contributed by atoms with Gasteiger partial charge in [0.15, 0.2) is 9.84 Å². The lowest BCUT2D eigenvalue weighted by Crippen LogP contribution is -1.98. The van der Waals surface area contributed by atoms with Crippen LogP contribution in [0.5, 0.6) is 0 Å². The SMILES string of the molecule is Cc1ccn2c(Nc3ccc(F)cc3)c(-c3ccc(S(C)(=O)=O)cc3)nc2c1. The Labute approximate surface area is 162 Å². The van der Waals surface area contributed by atoms with Crippen molar-refractivity contribution in [3.05, 3.63) is 78.2 Å². The first kappa shape index (κ1) is 18.2. The molecule has 28 heavy (non-hydrogen) atoms. The zero-order chi connectivity index (χ0) is 19.9. The van der Waals surface area contributed by atoms with Crippen LogP contribution in [0.1, 0.15) is 5.56 Å². The number of hydrogen-bond donors (Lipinski definition) is 1. The Morgan fingerprint density at radius 3 is 2.32 bits per heavy atom. The van der Waals surface area contributed by atoms with E-state index in [1.165, 1.54) is 18.4 Å². The van der Waals surface area contributed by atoms with Crippen molar-refractivity contribution in [2.24, 2.45) is 0 Å². The summed E-state index contributed by atoms with van der Waals surface area (Å²) in [4.78, 5) is 4.98. The third kappa shape index (κ3) is 3.48. The molecule has 0 spiro atoms. The Balaban J connectivity index is 1.86. The number of nitrogens with zero attached hydrogens (tertiary/aromatic N) is 2. The molecular weight excluding hydrogens is 377 g/mol. The minimum atomic E-state index is -3.27. The molecule has 0 saturated heterocycles. The predicted octanol–water partition coefficient (Wildman–Crippen LogP) is 4.60. The van der Waals surface area contributed by atoms with E-state index in [-0.39, 0.29) is 10.7 Å². The summed E-state index contributed by atoms with van der Waals surface area (Å²) in [5.74, 6) is 0.407. The first-order valence-electron chi connectivity index (χ1n) is 8.63. The van der Waals surface area contributed by atoms with Gasteiger partial charge >= 0.3 is 0 Å². The monoisotopic (exact) mass is 395 g/mol. The third-order valence-corrected chi connectivity index (χ3v) is 5.57. The lowest BCUT2D eigenvalue weighted by molar-refractivity contribution is 0.602. The van der Waals surface area contributed by atoms with Gasteiger partial charge in [-0.15, -0.1) is 0 Å². The molecule has 0 atom stereocenters. The van der Waals surface area contributed by atoms with E-state index in [2.05, 4.69) is 5.32 Å². The number of nitrogens with one attached hydrogen (secondary N) is 1. The highest BCUT2D eigenvalue weighted by Gasteiger charge is 2.16. The summed E-state index contributed by atoms with van der Waals surface area (Å²) in [5.41, 5.74) is 4.00. The van der Waals surface area contributed by atoms with E-state index in [4.69, 9.17) is 4.98 Å². The summed E-state index contributed by atoms with van der Waals surface area (Å²) in [6.07, 6.45) is 3.09. The van der Waals surface area contributed by atoms with E-state index in [1.807, 2.05) is 29.7 Å². The molecule has 5 nitrogen and oxygen atoms in total. The minimum Gasteiger partial charge on any atom is -0.339 e. The van der Waals surface area contributed by atoms with Crippen LogP contribution in [-0.2, 0) is 9.84 Å². The molecule has 0 saturated carbocycles. The number of anilines is 2. The van der Waals surface area contributed by atoms with Crippen LogP contribution < -0.4 is 5.32 Å². The molecule has 0 aliphatic rings. The summed E-state index contributed by atoms with van der Waals surface area (Å²) >= 11 is 0. The molecule has 2 aromatic carbocycles. The van der Waals surface area contributed by atoms with Crippen molar-refractivity contribution in [3.63, 3.8) is 0 Å². The third-order valence-electron chi connectivity index (χ3n) is 4.44. The molecule has 0 aliphatic heterocycles. The van der Waals surface area contributed by atoms with Crippen LogP contribution in [0.15, 0.2) is 71.8 Å². The number of halogens is 1. The molecule has 142 valence electrons. The Morgan fingerprint density at radius 1 is 1.00 bits per heavy atom. The largest absolute Gasteiger partial charge is 0.339 e. The van der Waals surface area contributed by atoms with Crippen molar-refractivity contribution >= 4 is 27.0 Å². The zero-order valence-electron chi connectivity index (χ0n) is 15.3. The average Bonchev–Trinajstić information content (AvgIpc) is 3.00. The van der Waals surface area contributed by atoms with Crippen molar-refractivity contribution in [1.29, 1.82) is 0 Å². The van der Waals surface area contributed by atoms with Gasteiger partial charge in [-0.1, -0.05) is 12.1 Å². The van der Waals surface area contributed by atoms with Gasteiger partial charge in [0.25, 0.3) is 0 Å². The quantitative estimate of drug-likeness (QED) is 0.549. The van der Waals surface area contributed by atoms with Crippen molar-refractivity contribution in [3.8, 4) is 11.3 Å². The number of pyridine rings is 1. The number of hydrogen-bond acceptors (Lipinski definition) is 4. The second-order valence-corrected chi connectivity index (χ2v) is 8.69. The molecule has 0 amide bonds.